The van der Waals surface area contributed by atoms with Crippen LogP contribution in [0, 0.1) is 17.0 Å². The Morgan fingerprint density at radius 3 is 2.72 bits per heavy atom. The van der Waals surface area contributed by atoms with Gasteiger partial charge in [-0.3, -0.25) is 14.9 Å². The van der Waals surface area contributed by atoms with E-state index in [-0.39, 0.29) is 11.5 Å². The number of carbonyl (C=O) groups excluding carboxylic acids is 1. The topological polar surface area (TPSA) is 78.0 Å². The smallest absolute Gasteiger partial charge is 0.271 e. The quantitative estimate of drug-likeness (QED) is 0.472. The Kier molecular flexibility index (Phi) is 2.93. The number of benzene rings is 1. The Hall–Kier alpha value is -2.50. The van der Waals surface area contributed by atoms with Crippen LogP contribution in [-0.4, -0.2) is 20.5 Å². The van der Waals surface area contributed by atoms with Gasteiger partial charge in [0.1, 0.15) is 0 Å². The number of hydrogen-bond donors (Lipinski definition) is 0. The summed E-state index contributed by atoms with van der Waals surface area (Å²) in [4.78, 5) is 21.6. The monoisotopic (exact) mass is 245 g/mol. The molecule has 0 amide bonds. The summed E-state index contributed by atoms with van der Waals surface area (Å²) in [5.41, 5.74) is 1.74. The normalized spacial score (nSPS) is 10.3. The number of nitrogens with zero attached hydrogens (tertiary/aromatic N) is 3. The van der Waals surface area contributed by atoms with Gasteiger partial charge in [-0.05, 0) is 19.9 Å². The molecule has 1 aromatic carbocycles. The molecule has 0 fully saturated rings. The van der Waals surface area contributed by atoms with Gasteiger partial charge in [0.05, 0.1) is 28.1 Å². The van der Waals surface area contributed by atoms with Crippen molar-refractivity contribution in [2.75, 3.05) is 0 Å². The fourth-order valence-corrected chi connectivity index (χ4v) is 1.75. The Bertz CT molecular complexity index is 631. The van der Waals surface area contributed by atoms with Gasteiger partial charge in [-0.1, -0.05) is 6.07 Å². The summed E-state index contributed by atoms with van der Waals surface area (Å²) in [5.74, 6) is -0.0795. The molecule has 0 saturated carbocycles. The second kappa shape index (κ2) is 4.40. The number of hydrogen-bond acceptors (Lipinski definition) is 4. The molecule has 0 bridgehead atoms. The Balaban J connectivity index is 2.52. The zero-order chi connectivity index (χ0) is 13.3. The molecule has 1 heterocycles. The van der Waals surface area contributed by atoms with Crippen molar-refractivity contribution >= 4 is 11.5 Å². The molecule has 0 aliphatic rings. The minimum absolute atomic E-state index is 0.00762. The molecule has 92 valence electrons. The highest BCUT2D eigenvalue weighted by Gasteiger charge is 2.13. The minimum atomic E-state index is -0.464. The number of Topliss-reactive ketones (excluding diaryl/α,β-unsaturated/α-hetero) is 1. The van der Waals surface area contributed by atoms with E-state index < -0.39 is 4.92 Å². The third-order valence-electron chi connectivity index (χ3n) is 2.67. The van der Waals surface area contributed by atoms with Gasteiger partial charge in [-0.15, -0.1) is 0 Å². The van der Waals surface area contributed by atoms with Crippen LogP contribution in [0.15, 0.2) is 30.5 Å². The number of nitro groups is 1. The zero-order valence-corrected chi connectivity index (χ0v) is 9.95. The number of ketones is 1. The predicted molar refractivity (Wildman–Crippen MR) is 65.0 cm³/mol. The van der Waals surface area contributed by atoms with Crippen LogP contribution < -0.4 is 0 Å². The summed E-state index contributed by atoms with van der Waals surface area (Å²) in [5, 5.41) is 14.8. The highest BCUT2D eigenvalue weighted by atomic mass is 16.6. The van der Waals surface area contributed by atoms with E-state index in [9.17, 15) is 14.9 Å². The van der Waals surface area contributed by atoms with E-state index in [1.165, 1.54) is 29.9 Å². The largest absolute Gasteiger partial charge is 0.294 e. The van der Waals surface area contributed by atoms with Gasteiger partial charge in [-0.2, -0.15) is 5.10 Å². The standard InChI is InChI=1S/C12H11N3O3/c1-8-12(9(2)16)7-13-14(8)10-4-3-5-11(6-10)15(17)18/h3-7H,1-2H3. The Morgan fingerprint density at radius 1 is 1.44 bits per heavy atom. The van der Waals surface area contributed by atoms with Crippen molar-refractivity contribution in [3.8, 4) is 5.69 Å². The van der Waals surface area contributed by atoms with E-state index in [0.717, 1.165) is 0 Å². The van der Waals surface area contributed by atoms with E-state index in [1.807, 2.05) is 0 Å². The van der Waals surface area contributed by atoms with Crippen molar-refractivity contribution in [2.45, 2.75) is 13.8 Å². The van der Waals surface area contributed by atoms with Gasteiger partial charge >= 0.3 is 0 Å². The molecule has 2 rings (SSSR count). The summed E-state index contributed by atoms with van der Waals surface area (Å²) in [6.45, 7) is 3.21. The summed E-state index contributed by atoms with van der Waals surface area (Å²) < 4.78 is 1.52. The van der Waals surface area contributed by atoms with Gasteiger partial charge in [-0.25, -0.2) is 4.68 Å². The second-order valence-electron chi connectivity index (χ2n) is 3.89. The molecule has 1 aromatic heterocycles. The molecule has 0 radical (unpaired) electrons. The fourth-order valence-electron chi connectivity index (χ4n) is 1.75. The van der Waals surface area contributed by atoms with Crippen LogP contribution in [0.1, 0.15) is 23.0 Å². The number of rotatable bonds is 3. The second-order valence-corrected chi connectivity index (χ2v) is 3.89. The van der Waals surface area contributed by atoms with Crippen LogP contribution in [-0.2, 0) is 0 Å². The lowest BCUT2D eigenvalue weighted by Gasteiger charge is -2.04. The molecular weight excluding hydrogens is 234 g/mol. The molecule has 6 heteroatoms. The highest BCUT2D eigenvalue weighted by Crippen LogP contribution is 2.19. The van der Waals surface area contributed by atoms with E-state index in [2.05, 4.69) is 5.10 Å². The van der Waals surface area contributed by atoms with Crippen molar-refractivity contribution in [3.63, 3.8) is 0 Å². The number of aromatic nitrogens is 2. The van der Waals surface area contributed by atoms with Crippen LogP contribution in [0.3, 0.4) is 0 Å². The van der Waals surface area contributed by atoms with Crippen LogP contribution in [0.25, 0.3) is 5.69 Å². The molecule has 18 heavy (non-hydrogen) atoms. The van der Waals surface area contributed by atoms with Crippen molar-refractivity contribution < 1.29 is 9.72 Å². The minimum Gasteiger partial charge on any atom is -0.294 e. The maximum Gasteiger partial charge on any atom is 0.271 e. The van der Waals surface area contributed by atoms with E-state index >= 15 is 0 Å². The third-order valence-corrected chi connectivity index (χ3v) is 2.67. The van der Waals surface area contributed by atoms with Crippen molar-refractivity contribution in [2.24, 2.45) is 0 Å². The third kappa shape index (κ3) is 2.00. The average molecular weight is 245 g/mol. The van der Waals surface area contributed by atoms with Gasteiger partial charge in [0.25, 0.3) is 5.69 Å². The summed E-state index contributed by atoms with van der Waals surface area (Å²) >= 11 is 0. The van der Waals surface area contributed by atoms with E-state index in [0.29, 0.717) is 16.9 Å². The Morgan fingerprint density at radius 2 is 2.17 bits per heavy atom. The first kappa shape index (κ1) is 12.0. The van der Waals surface area contributed by atoms with Gasteiger partial charge < -0.3 is 0 Å². The van der Waals surface area contributed by atoms with Crippen LogP contribution in [0.2, 0.25) is 0 Å². The molecule has 0 unspecified atom stereocenters. The first-order valence-corrected chi connectivity index (χ1v) is 5.31. The molecule has 0 saturated heterocycles. The molecule has 0 atom stereocenters. The number of non-ortho nitro benzene ring substituents is 1. The zero-order valence-electron chi connectivity index (χ0n) is 9.95. The molecular formula is C12H11N3O3. The SMILES string of the molecule is CC(=O)c1cnn(-c2cccc([N+](=O)[O-])c2)c1C. The maximum atomic E-state index is 11.3. The first-order chi connectivity index (χ1) is 8.50. The molecule has 0 spiro atoms. The molecule has 2 aromatic rings. The number of carbonyl (C=O) groups is 1. The number of nitro benzene ring substituents is 1. The lowest BCUT2D eigenvalue weighted by molar-refractivity contribution is -0.384. The highest BCUT2D eigenvalue weighted by molar-refractivity contribution is 5.95. The van der Waals surface area contributed by atoms with Crippen molar-refractivity contribution in [3.05, 3.63) is 51.8 Å². The first-order valence-electron chi connectivity index (χ1n) is 5.31. The van der Waals surface area contributed by atoms with Crippen molar-refractivity contribution in [1.82, 2.24) is 9.78 Å². The lowest BCUT2D eigenvalue weighted by Crippen LogP contribution is -2.01. The van der Waals surface area contributed by atoms with E-state index in [1.54, 1.807) is 19.1 Å². The average Bonchev–Trinajstić information content (AvgIpc) is 2.71. The lowest BCUT2D eigenvalue weighted by atomic mass is 10.2. The van der Waals surface area contributed by atoms with Gasteiger partial charge in [0, 0.05) is 12.1 Å². The van der Waals surface area contributed by atoms with Gasteiger partial charge in [0.2, 0.25) is 0 Å². The molecule has 0 N–H and O–H groups in total. The van der Waals surface area contributed by atoms with Crippen molar-refractivity contribution in [1.29, 1.82) is 0 Å². The fraction of sp³-hybridized carbons (Fsp3) is 0.167. The van der Waals surface area contributed by atoms with Crippen LogP contribution >= 0.6 is 0 Å². The van der Waals surface area contributed by atoms with Crippen LogP contribution in [0.5, 0.6) is 0 Å². The summed E-state index contributed by atoms with van der Waals surface area (Å²) in [6, 6.07) is 6.12. The molecule has 0 aliphatic heterocycles. The predicted octanol–water partition coefficient (Wildman–Crippen LogP) is 2.29. The van der Waals surface area contributed by atoms with Gasteiger partial charge in [0.15, 0.2) is 5.78 Å². The maximum absolute atomic E-state index is 11.3. The molecule has 6 nitrogen and oxygen atoms in total. The Labute approximate surface area is 103 Å². The van der Waals surface area contributed by atoms with Crippen LogP contribution in [0.4, 0.5) is 5.69 Å². The summed E-state index contributed by atoms with van der Waals surface area (Å²) in [7, 11) is 0. The van der Waals surface area contributed by atoms with E-state index in [4.69, 9.17) is 0 Å². The summed E-state index contributed by atoms with van der Waals surface area (Å²) in [6.07, 6.45) is 1.47. The molecule has 0 aliphatic carbocycles.